The number of hydrogen-bond acceptors (Lipinski definition) is 11. The van der Waals surface area contributed by atoms with Crippen molar-refractivity contribution < 1.29 is 28.7 Å². The molecule has 3 aromatic heterocycles. The zero-order chi connectivity index (χ0) is 51.0. The van der Waals surface area contributed by atoms with Gasteiger partial charge in [0.25, 0.3) is 0 Å². The first-order valence-electron chi connectivity index (χ1n) is 25.1. The molecule has 2 saturated heterocycles. The van der Waals surface area contributed by atoms with Gasteiger partial charge in [0.15, 0.2) is 0 Å². The lowest BCUT2D eigenvalue weighted by Crippen LogP contribution is -2.53. The molecule has 7 aromatic rings. The first-order valence-corrected chi connectivity index (χ1v) is 25.1. The number of alkyl carbamates (subject to hydrolysis) is 2. The molecule has 3 aliphatic rings. The van der Waals surface area contributed by atoms with Crippen LogP contribution in [0.15, 0.2) is 145 Å². The van der Waals surface area contributed by atoms with Gasteiger partial charge in [-0.15, -0.1) is 0 Å². The van der Waals surface area contributed by atoms with E-state index in [1.807, 2.05) is 87.1 Å². The Kier molecular flexibility index (Phi) is 14.9. The number of aromatic amines is 1. The van der Waals surface area contributed by atoms with Crippen molar-refractivity contribution in [2.45, 2.75) is 81.8 Å². The van der Waals surface area contributed by atoms with Crippen molar-refractivity contribution in [3.05, 3.63) is 174 Å². The summed E-state index contributed by atoms with van der Waals surface area (Å²) in [5.74, 6) is 1.05. The summed E-state index contributed by atoms with van der Waals surface area (Å²) in [6, 6.07) is 34.5. The Morgan fingerprint density at radius 2 is 1.14 bits per heavy atom. The SMILES string of the molecule is COC(=O)N[C@@H](Cc1cn(Cc2ccccc2)cn1)C(=O)N1CCC[C@H]1C1=NCC(c2ccc(-c3ccc(-c4cnc([C@@H]5CCCN5C(=O)[C@H](Cc5cn(Cc6ccccc6)cn5)NC(=O)OC)[nH]4)cc3)cc2)N1. The first-order chi connectivity index (χ1) is 36.2. The fourth-order valence-electron chi connectivity index (χ4n) is 10.3. The Morgan fingerprint density at radius 1 is 0.635 bits per heavy atom. The fraction of sp³-hybridized carbons (Fsp3) is 0.321. The second-order valence-electron chi connectivity index (χ2n) is 19.0. The quantitative estimate of drug-likeness (QED) is 0.0746. The number of H-pyrrole nitrogens is 1. The van der Waals surface area contributed by atoms with Crippen LogP contribution in [-0.2, 0) is 45.0 Å². The third-order valence-electron chi connectivity index (χ3n) is 14.1. The minimum atomic E-state index is -0.878. The van der Waals surface area contributed by atoms with Gasteiger partial charge in [0.1, 0.15) is 23.7 Å². The van der Waals surface area contributed by atoms with E-state index < -0.39 is 24.3 Å². The summed E-state index contributed by atoms with van der Waals surface area (Å²) in [5.41, 5.74) is 8.62. The molecule has 4 aromatic carbocycles. The third kappa shape index (κ3) is 11.4. The Balaban J connectivity index is 0.746. The third-order valence-corrected chi connectivity index (χ3v) is 14.1. The number of benzene rings is 4. The highest BCUT2D eigenvalue weighted by molar-refractivity contribution is 5.95. The molecule has 0 aliphatic carbocycles. The molecule has 1 unspecified atom stereocenters. The molecule has 4 N–H and O–H groups in total. The number of amidine groups is 1. The summed E-state index contributed by atoms with van der Waals surface area (Å²) >= 11 is 0. The zero-order valence-electron chi connectivity index (χ0n) is 41.5. The van der Waals surface area contributed by atoms with Crippen LogP contribution in [0.5, 0.6) is 0 Å². The van der Waals surface area contributed by atoms with Crippen LogP contribution in [0.2, 0.25) is 0 Å². The topological polar surface area (TPSA) is 206 Å². The summed E-state index contributed by atoms with van der Waals surface area (Å²) in [6.45, 7) is 2.90. The van der Waals surface area contributed by atoms with Crippen LogP contribution in [-0.4, -0.2) is 121 Å². The number of nitrogens with zero attached hydrogens (tertiary/aromatic N) is 8. The van der Waals surface area contributed by atoms with E-state index in [1.54, 1.807) is 23.8 Å². The number of methoxy groups -OCH3 is 2. The molecule has 18 heteroatoms. The summed E-state index contributed by atoms with van der Waals surface area (Å²) in [6.07, 6.45) is 11.3. The van der Waals surface area contributed by atoms with E-state index in [1.165, 1.54) is 14.2 Å². The van der Waals surface area contributed by atoms with Crippen LogP contribution in [0.4, 0.5) is 9.59 Å². The standard InChI is InChI=1S/C56H60N12O6/c1-73-55(71)63-45(27-43-33-65(35-59-43)31-37-11-5-3-6-12-37)53(69)67-25-9-15-49(67)51-57-29-47(61-51)41-21-17-39(18-22-41)40-19-23-42(24-20-40)48-30-58-52(62-48)50-16-10-26-68(50)54(70)46(64-56(72)74-2)28-44-34-66(36-60-44)32-38-13-7-4-8-14-38/h3-8,11-14,17-24,29,33-36,45-46,48-50H,9-10,15-16,25-28,30-32H2,1-2H3,(H,57,61)(H,58,62)(H,63,71)(H,64,72)/t45-,46-,48?,49-,50-/m0/s1. The van der Waals surface area contributed by atoms with Crippen molar-refractivity contribution in [1.82, 2.24) is 54.8 Å². The van der Waals surface area contributed by atoms with Gasteiger partial charge in [-0.25, -0.2) is 24.5 Å². The predicted octanol–water partition coefficient (Wildman–Crippen LogP) is 6.87. The number of amides is 4. The van der Waals surface area contributed by atoms with E-state index in [4.69, 9.17) is 19.5 Å². The number of ether oxygens (including phenoxy) is 2. The Hall–Kier alpha value is -8.54. The highest BCUT2D eigenvalue weighted by Gasteiger charge is 2.40. The summed E-state index contributed by atoms with van der Waals surface area (Å²) in [5, 5.41) is 9.15. The van der Waals surface area contributed by atoms with E-state index in [2.05, 4.69) is 79.4 Å². The van der Waals surface area contributed by atoms with Crippen LogP contribution in [0.3, 0.4) is 0 Å². The predicted molar refractivity (Wildman–Crippen MR) is 278 cm³/mol. The van der Waals surface area contributed by atoms with E-state index in [9.17, 15) is 19.2 Å². The lowest BCUT2D eigenvalue weighted by molar-refractivity contribution is -0.134. The van der Waals surface area contributed by atoms with Gasteiger partial charge in [-0.2, -0.15) is 0 Å². The Bertz CT molecular complexity index is 3080. The smallest absolute Gasteiger partial charge is 0.407 e. The van der Waals surface area contributed by atoms with Crippen molar-refractivity contribution in [3.63, 3.8) is 0 Å². The van der Waals surface area contributed by atoms with Crippen LogP contribution in [0.25, 0.3) is 22.4 Å². The molecule has 6 heterocycles. The molecule has 5 atom stereocenters. The van der Waals surface area contributed by atoms with E-state index >= 15 is 0 Å². The van der Waals surface area contributed by atoms with Crippen molar-refractivity contribution >= 4 is 29.8 Å². The van der Waals surface area contributed by atoms with Gasteiger partial charge in [0, 0.05) is 51.4 Å². The molecule has 0 radical (unpaired) electrons. The van der Waals surface area contributed by atoms with Gasteiger partial charge in [0.05, 0.1) is 74.8 Å². The Morgan fingerprint density at radius 3 is 1.68 bits per heavy atom. The number of hydrogen-bond donors (Lipinski definition) is 4. The van der Waals surface area contributed by atoms with Gasteiger partial charge in [-0.05, 0) is 59.1 Å². The van der Waals surface area contributed by atoms with Crippen molar-refractivity contribution in [1.29, 1.82) is 0 Å². The molecule has 380 valence electrons. The molecule has 0 saturated carbocycles. The minimum absolute atomic E-state index is 0.0535. The van der Waals surface area contributed by atoms with Crippen LogP contribution < -0.4 is 16.0 Å². The van der Waals surface area contributed by atoms with Crippen molar-refractivity contribution in [3.8, 4) is 22.4 Å². The van der Waals surface area contributed by atoms with Crippen molar-refractivity contribution in [2.24, 2.45) is 4.99 Å². The maximum Gasteiger partial charge on any atom is 0.407 e. The Labute approximate surface area is 429 Å². The lowest BCUT2D eigenvalue weighted by Gasteiger charge is -2.29. The molecule has 2 fully saturated rings. The van der Waals surface area contributed by atoms with E-state index in [0.29, 0.717) is 49.9 Å². The zero-order valence-corrected chi connectivity index (χ0v) is 41.5. The molecule has 10 rings (SSSR count). The average molecular weight is 997 g/mol. The van der Waals surface area contributed by atoms with Crippen molar-refractivity contribution in [2.75, 3.05) is 33.9 Å². The number of rotatable bonds is 17. The number of carbonyl (C=O) groups excluding carboxylic acids is 4. The molecule has 74 heavy (non-hydrogen) atoms. The lowest BCUT2D eigenvalue weighted by atomic mass is 9.99. The minimum Gasteiger partial charge on any atom is -0.453 e. The normalized spacial score (nSPS) is 18.1. The summed E-state index contributed by atoms with van der Waals surface area (Å²) in [7, 11) is 2.57. The van der Waals surface area contributed by atoms with E-state index in [0.717, 1.165) is 70.6 Å². The van der Waals surface area contributed by atoms with Crippen LogP contribution in [0.1, 0.15) is 71.7 Å². The van der Waals surface area contributed by atoms with Gasteiger partial charge in [-0.1, -0.05) is 109 Å². The monoisotopic (exact) mass is 996 g/mol. The maximum atomic E-state index is 14.2. The first kappa shape index (κ1) is 49.1. The highest BCUT2D eigenvalue weighted by atomic mass is 16.5. The molecular weight excluding hydrogens is 937 g/mol. The number of likely N-dealkylation sites (tertiary alicyclic amines) is 2. The average Bonchev–Trinajstić information content (AvgIpc) is 4.31. The molecule has 4 amide bonds. The molecule has 3 aliphatic heterocycles. The fourth-order valence-corrected chi connectivity index (χ4v) is 10.3. The largest absolute Gasteiger partial charge is 0.453 e. The summed E-state index contributed by atoms with van der Waals surface area (Å²) in [4.78, 5) is 79.3. The highest BCUT2D eigenvalue weighted by Crippen LogP contribution is 2.34. The van der Waals surface area contributed by atoms with Crippen LogP contribution >= 0.6 is 0 Å². The van der Waals surface area contributed by atoms with E-state index in [-0.39, 0.29) is 42.8 Å². The summed E-state index contributed by atoms with van der Waals surface area (Å²) < 4.78 is 13.8. The number of imidazole rings is 3. The number of aliphatic imine (C=N–C) groups is 1. The number of aromatic nitrogens is 6. The molecule has 0 spiro atoms. The van der Waals surface area contributed by atoms with Crippen LogP contribution in [0, 0.1) is 0 Å². The molecular formula is C56H60N12O6. The number of carbonyl (C=O) groups is 4. The number of nitrogens with one attached hydrogen (secondary N) is 4. The second-order valence-corrected chi connectivity index (χ2v) is 19.0. The van der Waals surface area contributed by atoms with Gasteiger partial charge in [0.2, 0.25) is 11.8 Å². The van der Waals surface area contributed by atoms with Gasteiger partial charge >= 0.3 is 12.2 Å². The molecule has 18 nitrogen and oxygen atoms in total. The molecule has 0 bridgehead atoms. The van der Waals surface area contributed by atoms with Gasteiger partial charge in [-0.3, -0.25) is 14.6 Å². The second kappa shape index (κ2) is 22.5. The van der Waals surface area contributed by atoms with Gasteiger partial charge < -0.3 is 49.3 Å². The maximum absolute atomic E-state index is 14.2.